The van der Waals surface area contributed by atoms with Gasteiger partial charge in [-0.25, -0.2) is 0 Å². The van der Waals surface area contributed by atoms with E-state index in [0.29, 0.717) is 11.6 Å². The van der Waals surface area contributed by atoms with Gasteiger partial charge in [0.2, 0.25) is 5.91 Å². The molecule has 1 amide bonds. The second-order valence-corrected chi connectivity index (χ2v) is 6.89. The Bertz CT molecular complexity index is 938. The minimum atomic E-state index is -0.228. The molecule has 0 bridgehead atoms. The number of benzene rings is 3. The van der Waals surface area contributed by atoms with Gasteiger partial charge >= 0.3 is 0 Å². The predicted octanol–water partition coefficient (Wildman–Crippen LogP) is 5.26. The highest BCUT2D eigenvalue weighted by molar-refractivity contribution is 6.31. The van der Waals surface area contributed by atoms with Crippen LogP contribution in [0.1, 0.15) is 24.0 Å². The molecule has 3 rings (SSSR count). The van der Waals surface area contributed by atoms with Gasteiger partial charge in [0.15, 0.2) is 0 Å². The number of hydrogen-bond donors (Lipinski definition) is 0. The van der Waals surface area contributed by atoms with Crippen LogP contribution in [0.3, 0.4) is 0 Å². The van der Waals surface area contributed by atoms with E-state index in [4.69, 9.17) is 16.3 Å². The first kappa shape index (κ1) is 18.3. The molecule has 134 valence electrons. The third-order valence-electron chi connectivity index (χ3n) is 4.68. The molecular formula is C22H22ClNO2. The van der Waals surface area contributed by atoms with Crippen molar-refractivity contribution in [1.29, 1.82) is 0 Å². The monoisotopic (exact) mass is 367 g/mol. The Morgan fingerprint density at radius 1 is 1.08 bits per heavy atom. The maximum atomic E-state index is 12.9. The van der Waals surface area contributed by atoms with Crippen molar-refractivity contribution in [3.63, 3.8) is 0 Å². The second-order valence-electron chi connectivity index (χ2n) is 6.48. The van der Waals surface area contributed by atoms with Crippen LogP contribution >= 0.6 is 11.6 Å². The molecule has 0 saturated carbocycles. The van der Waals surface area contributed by atoms with Gasteiger partial charge in [-0.05, 0) is 47.0 Å². The zero-order valence-electron chi connectivity index (χ0n) is 15.2. The molecule has 4 heteroatoms. The molecule has 3 nitrogen and oxygen atoms in total. The number of halogens is 1. The first-order valence-corrected chi connectivity index (χ1v) is 8.93. The van der Waals surface area contributed by atoms with Crippen LogP contribution in [0.2, 0.25) is 5.02 Å². The normalized spacial score (nSPS) is 12.0. The van der Waals surface area contributed by atoms with E-state index in [2.05, 4.69) is 6.07 Å². The Labute approximate surface area is 159 Å². The van der Waals surface area contributed by atoms with Gasteiger partial charge in [0.25, 0.3) is 0 Å². The summed E-state index contributed by atoms with van der Waals surface area (Å²) in [5, 5.41) is 2.87. The molecule has 0 aromatic heterocycles. The van der Waals surface area contributed by atoms with E-state index in [0.717, 1.165) is 27.6 Å². The molecule has 0 saturated heterocycles. The van der Waals surface area contributed by atoms with Crippen molar-refractivity contribution in [3.05, 3.63) is 76.8 Å². The lowest BCUT2D eigenvalue weighted by atomic mass is 9.96. The van der Waals surface area contributed by atoms with Crippen LogP contribution in [-0.2, 0) is 11.3 Å². The van der Waals surface area contributed by atoms with Crippen LogP contribution in [-0.4, -0.2) is 25.0 Å². The number of nitrogens with zero attached hydrogens (tertiary/aromatic N) is 1. The summed E-state index contributed by atoms with van der Waals surface area (Å²) in [7, 11) is 3.47. The molecule has 3 aromatic rings. The summed E-state index contributed by atoms with van der Waals surface area (Å²) in [5.74, 6) is 0.667. The maximum absolute atomic E-state index is 12.9. The van der Waals surface area contributed by atoms with Crippen LogP contribution in [0.4, 0.5) is 0 Å². The largest absolute Gasteiger partial charge is 0.497 e. The molecule has 0 N–H and O–H groups in total. The number of methoxy groups -OCH3 is 1. The van der Waals surface area contributed by atoms with Gasteiger partial charge in [-0.2, -0.15) is 0 Å². The number of amides is 1. The lowest BCUT2D eigenvalue weighted by molar-refractivity contribution is -0.131. The highest BCUT2D eigenvalue weighted by Crippen LogP contribution is 2.26. The Balaban J connectivity index is 1.79. The molecule has 26 heavy (non-hydrogen) atoms. The van der Waals surface area contributed by atoms with Crippen molar-refractivity contribution in [2.75, 3.05) is 14.2 Å². The number of rotatable bonds is 5. The highest BCUT2D eigenvalue weighted by atomic mass is 35.5. The van der Waals surface area contributed by atoms with E-state index in [-0.39, 0.29) is 11.8 Å². The van der Waals surface area contributed by atoms with Crippen molar-refractivity contribution in [2.45, 2.75) is 19.4 Å². The summed E-state index contributed by atoms with van der Waals surface area (Å²) < 4.78 is 5.26. The fraction of sp³-hybridized carbons (Fsp3) is 0.227. The lowest BCUT2D eigenvalue weighted by Gasteiger charge is -2.22. The molecule has 0 aliphatic rings. The van der Waals surface area contributed by atoms with Gasteiger partial charge in [0, 0.05) is 18.6 Å². The predicted molar refractivity (Wildman–Crippen MR) is 107 cm³/mol. The quantitative estimate of drug-likeness (QED) is 0.615. The zero-order chi connectivity index (χ0) is 18.7. The van der Waals surface area contributed by atoms with E-state index < -0.39 is 0 Å². The van der Waals surface area contributed by atoms with Gasteiger partial charge in [-0.1, -0.05) is 54.1 Å². The van der Waals surface area contributed by atoms with Crippen LogP contribution in [0.15, 0.2) is 60.7 Å². The maximum Gasteiger partial charge on any atom is 0.229 e. The minimum Gasteiger partial charge on any atom is -0.497 e. The summed E-state index contributed by atoms with van der Waals surface area (Å²) in [6.07, 6.45) is 0. The van der Waals surface area contributed by atoms with Crippen molar-refractivity contribution in [3.8, 4) is 5.75 Å². The third kappa shape index (κ3) is 3.83. The Kier molecular flexibility index (Phi) is 5.48. The number of carbonyl (C=O) groups excluding carboxylic acids is 1. The summed E-state index contributed by atoms with van der Waals surface area (Å²) in [5.41, 5.74) is 1.95. The van der Waals surface area contributed by atoms with Gasteiger partial charge in [-0.3, -0.25) is 4.79 Å². The van der Waals surface area contributed by atoms with Gasteiger partial charge < -0.3 is 9.64 Å². The minimum absolute atomic E-state index is 0.0674. The number of ether oxygens (including phenoxy) is 1. The van der Waals surface area contributed by atoms with Crippen molar-refractivity contribution in [1.82, 2.24) is 4.90 Å². The summed E-state index contributed by atoms with van der Waals surface area (Å²) in [4.78, 5) is 14.6. The van der Waals surface area contributed by atoms with E-state index >= 15 is 0 Å². The standard InChI is InChI=1S/C22H22ClNO2/c1-15(22(25)24(2)14-19-6-4-5-7-21(19)23)16-8-9-18-13-20(26-3)11-10-17(18)12-16/h4-13,15H,14H2,1-3H3/t15-/m1/s1. The molecule has 3 aromatic carbocycles. The van der Waals surface area contributed by atoms with E-state index in [1.807, 2.05) is 68.6 Å². The molecule has 0 fully saturated rings. The highest BCUT2D eigenvalue weighted by Gasteiger charge is 2.20. The average Bonchev–Trinajstić information content (AvgIpc) is 2.67. The lowest BCUT2D eigenvalue weighted by Crippen LogP contribution is -2.30. The fourth-order valence-electron chi connectivity index (χ4n) is 3.07. The Hall–Kier alpha value is -2.52. The smallest absolute Gasteiger partial charge is 0.229 e. The number of fused-ring (bicyclic) bond motifs is 1. The van der Waals surface area contributed by atoms with Crippen LogP contribution in [0.25, 0.3) is 10.8 Å². The summed E-state index contributed by atoms with van der Waals surface area (Å²) in [6, 6.07) is 19.7. The number of likely N-dealkylation sites (N-methyl/N-ethyl adjacent to an activating group) is 1. The summed E-state index contributed by atoms with van der Waals surface area (Å²) >= 11 is 6.21. The molecule has 1 atom stereocenters. The SMILES string of the molecule is COc1ccc2cc([C@@H](C)C(=O)N(C)Cc3ccccc3Cl)ccc2c1. The summed E-state index contributed by atoms with van der Waals surface area (Å²) in [6.45, 7) is 2.43. The molecular weight excluding hydrogens is 346 g/mol. The van der Waals surface area contributed by atoms with E-state index in [1.54, 1.807) is 12.0 Å². The van der Waals surface area contributed by atoms with E-state index in [9.17, 15) is 4.79 Å². The van der Waals surface area contributed by atoms with Crippen LogP contribution in [0, 0.1) is 0 Å². The van der Waals surface area contributed by atoms with E-state index in [1.165, 1.54) is 0 Å². The topological polar surface area (TPSA) is 29.5 Å². The third-order valence-corrected chi connectivity index (χ3v) is 5.05. The second kappa shape index (κ2) is 7.79. The van der Waals surface area contributed by atoms with Crippen molar-refractivity contribution in [2.24, 2.45) is 0 Å². The Morgan fingerprint density at radius 3 is 2.50 bits per heavy atom. The first-order valence-electron chi connectivity index (χ1n) is 8.55. The molecule has 0 aliphatic heterocycles. The Morgan fingerprint density at radius 2 is 1.77 bits per heavy atom. The van der Waals surface area contributed by atoms with Crippen LogP contribution < -0.4 is 4.74 Å². The van der Waals surface area contributed by atoms with Crippen molar-refractivity contribution >= 4 is 28.3 Å². The van der Waals surface area contributed by atoms with Gasteiger partial charge in [-0.15, -0.1) is 0 Å². The number of hydrogen-bond acceptors (Lipinski definition) is 2. The fourth-order valence-corrected chi connectivity index (χ4v) is 3.27. The average molecular weight is 368 g/mol. The molecule has 0 unspecified atom stereocenters. The van der Waals surface area contributed by atoms with Crippen LogP contribution in [0.5, 0.6) is 5.75 Å². The molecule has 0 aliphatic carbocycles. The van der Waals surface area contributed by atoms with Gasteiger partial charge in [0.1, 0.15) is 5.75 Å². The first-order chi connectivity index (χ1) is 12.5. The zero-order valence-corrected chi connectivity index (χ0v) is 16.0. The molecule has 0 spiro atoms. The molecule has 0 heterocycles. The number of carbonyl (C=O) groups is 1. The van der Waals surface area contributed by atoms with Gasteiger partial charge in [0.05, 0.1) is 13.0 Å². The molecule has 0 radical (unpaired) electrons. The van der Waals surface area contributed by atoms with Crippen molar-refractivity contribution < 1.29 is 9.53 Å².